The number of hydrogen-bond acceptors (Lipinski definition) is 4. The van der Waals surface area contributed by atoms with Crippen molar-refractivity contribution in [2.75, 3.05) is 26.3 Å². The molecule has 2 heterocycles. The van der Waals surface area contributed by atoms with E-state index in [1.165, 1.54) is 0 Å². The quantitative estimate of drug-likeness (QED) is 0.819. The zero-order valence-electron chi connectivity index (χ0n) is 12.2. The summed E-state index contributed by atoms with van der Waals surface area (Å²) in [5.41, 5.74) is -0.259. The van der Waals surface area contributed by atoms with Crippen molar-refractivity contribution in [3.05, 3.63) is 0 Å². The minimum Gasteiger partial charge on any atom is -0.383 e. The molecule has 0 aromatic heterocycles. The van der Waals surface area contributed by atoms with Crippen LogP contribution in [0.2, 0.25) is 0 Å². The molecule has 0 aromatic rings. The van der Waals surface area contributed by atoms with E-state index in [0.717, 1.165) is 32.1 Å². The van der Waals surface area contributed by atoms with Crippen LogP contribution < -0.4 is 0 Å². The van der Waals surface area contributed by atoms with Gasteiger partial charge in [-0.25, -0.2) is 0 Å². The van der Waals surface area contributed by atoms with Gasteiger partial charge in [-0.05, 0) is 25.7 Å². The number of aliphatic hydroxyl groups is 1. The Morgan fingerprint density at radius 1 is 1.35 bits per heavy atom. The summed E-state index contributed by atoms with van der Waals surface area (Å²) in [5, 5.41) is 10.2. The lowest BCUT2D eigenvalue weighted by atomic mass is 9.80. The summed E-state index contributed by atoms with van der Waals surface area (Å²) in [6.45, 7) is 4.58. The molecule has 1 saturated carbocycles. The first kappa shape index (κ1) is 14.3. The molecule has 2 unspecified atom stereocenters. The number of amides is 1. The van der Waals surface area contributed by atoms with E-state index < -0.39 is 6.10 Å². The SMILES string of the molecule is CC1CN(C(=O)C(O)C2CCC2)CC2(CCOCC2)O1. The summed E-state index contributed by atoms with van der Waals surface area (Å²) in [6, 6.07) is 0. The Labute approximate surface area is 120 Å². The first-order valence-corrected chi connectivity index (χ1v) is 7.82. The third kappa shape index (κ3) is 2.71. The van der Waals surface area contributed by atoms with Crippen molar-refractivity contribution in [3.8, 4) is 0 Å². The summed E-state index contributed by atoms with van der Waals surface area (Å²) in [7, 11) is 0. The maximum Gasteiger partial charge on any atom is 0.251 e. The molecule has 1 N–H and O–H groups in total. The van der Waals surface area contributed by atoms with Crippen LogP contribution in [0.5, 0.6) is 0 Å². The fourth-order valence-electron chi connectivity index (χ4n) is 3.56. The number of aliphatic hydroxyl groups excluding tert-OH is 1. The summed E-state index contributed by atoms with van der Waals surface area (Å²) in [6.07, 6.45) is 3.97. The minimum absolute atomic E-state index is 0.0272. The molecule has 0 bridgehead atoms. The van der Waals surface area contributed by atoms with Gasteiger partial charge in [0.2, 0.25) is 0 Å². The number of rotatable bonds is 2. The van der Waals surface area contributed by atoms with Crippen LogP contribution in [-0.4, -0.2) is 60.0 Å². The van der Waals surface area contributed by atoms with Crippen molar-refractivity contribution in [3.63, 3.8) is 0 Å². The molecule has 20 heavy (non-hydrogen) atoms. The van der Waals surface area contributed by atoms with E-state index in [9.17, 15) is 9.90 Å². The van der Waals surface area contributed by atoms with E-state index in [0.29, 0.717) is 26.3 Å². The Morgan fingerprint density at radius 3 is 2.65 bits per heavy atom. The molecule has 5 heteroatoms. The number of morpholine rings is 1. The van der Waals surface area contributed by atoms with Gasteiger partial charge in [0.05, 0.1) is 18.2 Å². The van der Waals surface area contributed by atoms with E-state index in [2.05, 4.69) is 0 Å². The molecule has 2 saturated heterocycles. The predicted octanol–water partition coefficient (Wildman–Crippen LogP) is 0.944. The molecule has 2 aliphatic heterocycles. The lowest BCUT2D eigenvalue weighted by Gasteiger charge is -2.48. The van der Waals surface area contributed by atoms with Crippen LogP contribution >= 0.6 is 0 Å². The average molecular weight is 283 g/mol. The highest BCUT2D eigenvalue weighted by atomic mass is 16.5. The van der Waals surface area contributed by atoms with Crippen molar-refractivity contribution in [1.82, 2.24) is 4.90 Å². The molecule has 1 amide bonds. The highest BCUT2D eigenvalue weighted by Gasteiger charge is 2.44. The normalized spacial score (nSPS) is 31.9. The maximum atomic E-state index is 12.5. The Bertz CT molecular complexity index is 363. The molecule has 0 radical (unpaired) electrons. The van der Waals surface area contributed by atoms with E-state index in [4.69, 9.17) is 9.47 Å². The Morgan fingerprint density at radius 2 is 2.05 bits per heavy atom. The summed E-state index contributed by atoms with van der Waals surface area (Å²) in [5.74, 6) is 0.0713. The van der Waals surface area contributed by atoms with E-state index >= 15 is 0 Å². The van der Waals surface area contributed by atoms with Gasteiger partial charge in [-0.2, -0.15) is 0 Å². The Kier molecular flexibility index (Phi) is 4.02. The zero-order chi connectivity index (χ0) is 14.2. The molecule has 3 fully saturated rings. The van der Waals surface area contributed by atoms with Crippen LogP contribution in [0.1, 0.15) is 39.0 Å². The van der Waals surface area contributed by atoms with Gasteiger partial charge in [0.15, 0.2) is 0 Å². The lowest BCUT2D eigenvalue weighted by Crippen LogP contribution is -2.60. The van der Waals surface area contributed by atoms with Gasteiger partial charge in [-0.15, -0.1) is 0 Å². The van der Waals surface area contributed by atoms with Crippen LogP contribution in [0.4, 0.5) is 0 Å². The number of ether oxygens (including phenoxy) is 2. The summed E-state index contributed by atoms with van der Waals surface area (Å²) < 4.78 is 11.5. The van der Waals surface area contributed by atoms with Crippen LogP contribution in [0, 0.1) is 5.92 Å². The van der Waals surface area contributed by atoms with E-state index in [-0.39, 0.29) is 23.5 Å². The zero-order valence-corrected chi connectivity index (χ0v) is 12.2. The smallest absolute Gasteiger partial charge is 0.251 e. The second kappa shape index (κ2) is 5.62. The molecule has 2 atom stereocenters. The van der Waals surface area contributed by atoms with Crippen molar-refractivity contribution in [2.45, 2.75) is 56.8 Å². The standard InChI is InChI=1S/C15H25NO4/c1-11-9-16(14(18)13(17)12-3-2-4-12)10-15(20-11)5-7-19-8-6-15/h11-13,17H,2-10H2,1H3. The molecular formula is C15H25NO4. The number of nitrogens with zero attached hydrogens (tertiary/aromatic N) is 1. The molecule has 3 aliphatic rings. The van der Waals surface area contributed by atoms with Gasteiger partial charge < -0.3 is 19.5 Å². The van der Waals surface area contributed by atoms with E-state index in [1.807, 2.05) is 11.8 Å². The predicted molar refractivity (Wildman–Crippen MR) is 73.3 cm³/mol. The molecule has 1 spiro atoms. The first-order valence-electron chi connectivity index (χ1n) is 7.82. The topological polar surface area (TPSA) is 59.0 Å². The number of hydrogen-bond donors (Lipinski definition) is 1. The fourth-order valence-corrected chi connectivity index (χ4v) is 3.56. The molecule has 3 rings (SSSR count). The monoisotopic (exact) mass is 283 g/mol. The second-order valence-electron chi connectivity index (χ2n) is 6.58. The third-order valence-corrected chi connectivity index (χ3v) is 4.97. The van der Waals surface area contributed by atoms with Gasteiger partial charge in [0, 0.05) is 32.6 Å². The van der Waals surface area contributed by atoms with Gasteiger partial charge in [0.25, 0.3) is 5.91 Å². The third-order valence-electron chi connectivity index (χ3n) is 4.97. The minimum atomic E-state index is -0.814. The molecular weight excluding hydrogens is 258 g/mol. The van der Waals surface area contributed by atoms with Crippen LogP contribution in [0.15, 0.2) is 0 Å². The summed E-state index contributed by atoms with van der Waals surface area (Å²) in [4.78, 5) is 14.3. The van der Waals surface area contributed by atoms with Crippen molar-refractivity contribution >= 4 is 5.91 Å². The molecule has 0 aromatic carbocycles. The second-order valence-corrected chi connectivity index (χ2v) is 6.58. The van der Waals surface area contributed by atoms with Gasteiger partial charge in [-0.3, -0.25) is 4.79 Å². The highest BCUT2D eigenvalue weighted by molar-refractivity contribution is 5.81. The molecule has 5 nitrogen and oxygen atoms in total. The fraction of sp³-hybridized carbons (Fsp3) is 0.933. The Hall–Kier alpha value is -0.650. The largest absolute Gasteiger partial charge is 0.383 e. The van der Waals surface area contributed by atoms with Gasteiger partial charge >= 0.3 is 0 Å². The van der Waals surface area contributed by atoms with Crippen LogP contribution in [-0.2, 0) is 14.3 Å². The van der Waals surface area contributed by atoms with Crippen LogP contribution in [0.3, 0.4) is 0 Å². The van der Waals surface area contributed by atoms with E-state index in [1.54, 1.807) is 0 Å². The molecule has 114 valence electrons. The number of carbonyl (C=O) groups excluding carboxylic acids is 1. The maximum absolute atomic E-state index is 12.5. The van der Waals surface area contributed by atoms with Crippen molar-refractivity contribution in [1.29, 1.82) is 0 Å². The number of carbonyl (C=O) groups is 1. The lowest BCUT2D eigenvalue weighted by molar-refractivity contribution is -0.194. The van der Waals surface area contributed by atoms with Gasteiger partial charge in [0.1, 0.15) is 6.10 Å². The molecule has 1 aliphatic carbocycles. The summed E-state index contributed by atoms with van der Waals surface area (Å²) >= 11 is 0. The Balaban J connectivity index is 1.67. The van der Waals surface area contributed by atoms with Gasteiger partial charge in [-0.1, -0.05) is 6.42 Å². The first-order chi connectivity index (χ1) is 9.60. The highest BCUT2D eigenvalue weighted by Crippen LogP contribution is 2.34. The average Bonchev–Trinajstić information content (AvgIpc) is 2.35. The van der Waals surface area contributed by atoms with Crippen molar-refractivity contribution < 1.29 is 19.4 Å². The van der Waals surface area contributed by atoms with Crippen molar-refractivity contribution in [2.24, 2.45) is 5.92 Å². The van der Waals surface area contributed by atoms with Crippen LogP contribution in [0.25, 0.3) is 0 Å².